The monoisotopic (exact) mass is 420 g/mol. The first-order valence-electron chi connectivity index (χ1n) is 8.60. The molecule has 0 radical (unpaired) electrons. The third kappa shape index (κ3) is 6.57. The number of aromatic nitrogens is 1. The Morgan fingerprint density at radius 3 is 2.55 bits per heavy atom. The fraction of sp³-hybridized carbons (Fsp3) is 0.278. The number of hydrogen-bond acceptors (Lipinski definition) is 8. The third-order valence-corrected chi connectivity index (χ3v) is 4.05. The van der Waals surface area contributed by atoms with Crippen molar-refractivity contribution in [1.29, 1.82) is 0 Å². The van der Waals surface area contributed by atoms with E-state index in [-0.39, 0.29) is 34.7 Å². The largest absolute Gasteiger partial charge is 0.450 e. The molecule has 2 aromatic rings. The van der Waals surface area contributed by atoms with Gasteiger partial charge in [-0.25, -0.2) is 14.6 Å². The molecule has 29 heavy (non-hydrogen) atoms. The highest BCUT2D eigenvalue weighted by atomic mass is 32.1. The number of ether oxygens (including phenoxy) is 2. The summed E-state index contributed by atoms with van der Waals surface area (Å²) in [5, 5.41) is 8.94. The van der Waals surface area contributed by atoms with Crippen LogP contribution in [-0.4, -0.2) is 41.7 Å². The number of nitrogens with zero attached hydrogens (tertiary/aromatic N) is 1. The van der Waals surface area contributed by atoms with E-state index >= 15 is 0 Å². The lowest BCUT2D eigenvalue weighted by molar-refractivity contribution is 0.0925. The van der Waals surface area contributed by atoms with Gasteiger partial charge in [-0.05, 0) is 44.4 Å². The lowest BCUT2D eigenvalue weighted by Gasteiger charge is -2.10. The zero-order valence-corrected chi connectivity index (χ0v) is 16.8. The lowest BCUT2D eigenvalue weighted by atomic mass is 10.2. The van der Waals surface area contributed by atoms with Gasteiger partial charge in [0.1, 0.15) is 10.8 Å². The van der Waals surface area contributed by atoms with E-state index in [2.05, 4.69) is 25.7 Å². The molecule has 0 aliphatic rings. The van der Waals surface area contributed by atoms with Gasteiger partial charge in [-0.3, -0.25) is 20.2 Å². The first-order chi connectivity index (χ1) is 13.8. The summed E-state index contributed by atoms with van der Waals surface area (Å²) in [6.45, 7) is 5.14. The second-order valence-electron chi connectivity index (χ2n) is 5.80. The van der Waals surface area contributed by atoms with Gasteiger partial charge in [0.25, 0.3) is 11.8 Å². The second-order valence-corrected chi connectivity index (χ2v) is 6.72. The molecule has 0 unspecified atom stereocenters. The zero-order chi connectivity index (χ0) is 21.4. The molecule has 0 saturated carbocycles. The van der Waals surface area contributed by atoms with Gasteiger partial charge in [-0.2, -0.15) is 0 Å². The summed E-state index contributed by atoms with van der Waals surface area (Å²) in [6.07, 6.45) is -0.525. The standard InChI is InChI=1S/C18H20N4O6S/c1-4-27-17(25)22-15(24)12-6-8-29-16(12)21-14(23)11-5-7-19-13(9-11)20-18(26)28-10(2)3/h5-10H,4H2,1-3H3,(H,21,23)(H,19,20,26)(H,22,24,25). The molecule has 0 saturated heterocycles. The smallest absolute Gasteiger partial charge is 0.414 e. The third-order valence-electron chi connectivity index (χ3n) is 3.22. The van der Waals surface area contributed by atoms with Crippen LogP contribution in [0.1, 0.15) is 41.5 Å². The number of thiophene rings is 1. The van der Waals surface area contributed by atoms with Crippen LogP contribution < -0.4 is 16.0 Å². The van der Waals surface area contributed by atoms with Gasteiger partial charge in [-0.1, -0.05) is 0 Å². The molecule has 3 N–H and O–H groups in total. The minimum Gasteiger partial charge on any atom is -0.450 e. The molecule has 154 valence electrons. The molecule has 0 aliphatic heterocycles. The number of pyridine rings is 1. The van der Waals surface area contributed by atoms with E-state index in [1.165, 1.54) is 24.4 Å². The molecular formula is C18H20N4O6S. The molecule has 0 bridgehead atoms. The number of amides is 4. The summed E-state index contributed by atoms with van der Waals surface area (Å²) in [7, 11) is 0. The number of anilines is 2. The first kappa shape index (κ1) is 21.8. The Morgan fingerprint density at radius 2 is 1.86 bits per heavy atom. The number of imide groups is 1. The van der Waals surface area contributed by atoms with Crippen LogP contribution in [0.3, 0.4) is 0 Å². The molecule has 0 aliphatic carbocycles. The van der Waals surface area contributed by atoms with E-state index in [1.807, 2.05) is 0 Å². The van der Waals surface area contributed by atoms with Crippen LogP contribution >= 0.6 is 11.3 Å². The normalized spacial score (nSPS) is 10.2. The average Bonchev–Trinajstić information content (AvgIpc) is 3.09. The van der Waals surface area contributed by atoms with Crippen molar-refractivity contribution in [2.75, 3.05) is 17.2 Å². The van der Waals surface area contributed by atoms with Crippen molar-refractivity contribution in [2.45, 2.75) is 26.9 Å². The summed E-state index contributed by atoms with van der Waals surface area (Å²) in [5.74, 6) is -1.09. The van der Waals surface area contributed by atoms with E-state index in [1.54, 1.807) is 26.2 Å². The van der Waals surface area contributed by atoms with E-state index in [4.69, 9.17) is 4.74 Å². The minimum absolute atomic E-state index is 0.115. The van der Waals surface area contributed by atoms with Crippen LogP contribution in [0.5, 0.6) is 0 Å². The average molecular weight is 420 g/mol. The van der Waals surface area contributed by atoms with Gasteiger partial charge >= 0.3 is 12.2 Å². The number of nitrogens with one attached hydrogen (secondary N) is 3. The summed E-state index contributed by atoms with van der Waals surface area (Å²) in [5.41, 5.74) is 0.314. The highest BCUT2D eigenvalue weighted by molar-refractivity contribution is 7.14. The quantitative estimate of drug-likeness (QED) is 0.653. The van der Waals surface area contributed by atoms with Crippen LogP contribution in [0.15, 0.2) is 29.8 Å². The predicted octanol–water partition coefficient (Wildman–Crippen LogP) is 3.24. The van der Waals surface area contributed by atoms with Gasteiger partial charge in [0.05, 0.1) is 18.3 Å². The van der Waals surface area contributed by atoms with Crippen LogP contribution in [0.2, 0.25) is 0 Å². The van der Waals surface area contributed by atoms with E-state index in [9.17, 15) is 19.2 Å². The summed E-state index contributed by atoms with van der Waals surface area (Å²) >= 11 is 1.11. The summed E-state index contributed by atoms with van der Waals surface area (Å²) in [4.78, 5) is 51.7. The number of carbonyl (C=O) groups excluding carboxylic acids is 4. The number of rotatable bonds is 6. The molecule has 0 aromatic carbocycles. The Bertz CT molecular complexity index is 911. The van der Waals surface area contributed by atoms with E-state index in [0.29, 0.717) is 0 Å². The summed E-state index contributed by atoms with van der Waals surface area (Å²) in [6, 6.07) is 4.28. The van der Waals surface area contributed by atoms with Crippen molar-refractivity contribution >= 4 is 46.2 Å². The molecule has 0 atom stereocenters. The molecule has 0 spiro atoms. The Kier molecular flexibility index (Phi) is 7.66. The van der Waals surface area contributed by atoms with Crippen LogP contribution in [0, 0.1) is 0 Å². The Morgan fingerprint density at radius 1 is 1.10 bits per heavy atom. The fourth-order valence-corrected chi connectivity index (χ4v) is 2.86. The lowest BCUT2D eigenvalue weighted by Crippen LogP contribution is -2.31. The van der Waals surface area contributed by atoms with Gasteiger partial charge in [0, 0.05) is 11.8 Å². The van der Waals surface area contributed by atoms with Crippen molar-refractivity contribution < 1.29 is 28.7 Å². The van der Waals surface area contributed by atoms with Crippen LogP contribution in [-0.2, 0) is 9.47 Å². The molecule has 0 fully saturated rings. The van der Waals surface area contributed by atoms with Crippen molar-refractivity contribution in [3.05, 3.63) is 40.9 Å². The van der Waals surface area contributed by atoms with Gasteiger partial charge in [0.15, 0.2) is 0 Å². The highest BCUT2D eigenvalue weighted by Crippen LogP contribution is 2.24. The van der Waals surface area contributed by atoms with Gasteiger partial charge < -0.3 is 14.8 Å². The molecule has 2 rings (SSSR count). The van der Waals surface area contributed by atoms with Gasteiger partial charge in [0.2, 0.25) is 0 Å². The maximum atomic E-state index is 12.5. The Labute approximate surface area is 170 Å². The number of hydrogen-bond donors (Lipinski definition) is 3. The van der Waals surface area contributed by atoms with Crippen LogP contribution in [0.25, 0.3) is 0 Å². The van der Waals surface area contributed by atoms with E-state index < -0.39 is 24.0 Å². The second kappa shape index (κ2) is 10.2. The van der Waals surface area contributed by atoms with Crippen LogP contribution in [0.4, 0.5) is 20.4 Å². The predicted molar refractivity (Wildman–Crippen MR) is 106 cm³/mol. The van der Waals surface area contributed by atoms with E-state index in [0.717, 1.165) is 11.3 Å². The highest BCUT2D eigenvalue weighted by Gasteiger charge is 2.19. The number of carbonyl (C=O) groups is 4. The Balaban J connectivity index is 2.07. The van der Waals surface area contributed by atoms with Gasteiger partial charge in [-0.15, -0.1) is 11.3 Å². The maximum Gasteiger partial charge on any atom is 0.414 e. The van der Waals surface area contributed by atoms with Crippen molar-refractivity contribution in [2.24, 2.45) is 0 Å². The van der Waals surface area contributed by atoms with Crippen molar-refractivity contribution in [1.82, 2.24) is 10.3 Å². The SMILES string of the molecule is CCOC(=O)NC(=O)c1ccsc1NC(=O)c1ccnc(NC(=O)OC(C)C)c1. The molecule has 2 aromatic heterocycles. The first-order valence-corrected chi connectivity index (χ1v) is 9.48. The maximum absolute atomic E-state index is 12.5. The Hall–Kier alpha value is -3.47. The molecular weight excluding hydrogens is 400 g/mol. The molecule has 2 heterocycles. The zero-order valence-electron chi connectivity index (χ0n) is 16.0. The molecule has 11 heteroatoms. The minimum atomic E-state index is -0.876. The number of alkyl carbamates (subject to hydrolysis) is 1. The topological polar surface area (TPSA) is 136 Å². The molecule has 4 amide bonds. The fourth-order valence-electron chi connectivity index (χ4n) is 2.08. The van der Waals surface area contributed by atoms with Crippen molar-refractivity contribution in [3.8, 4) is 0 Å². The van der Waals surface area contributed by atoms with Crippen molar-refractivity contribution in [3.63, 3.8) is 0 Å². The summed E-state index contributed by atoms with van der Waals surface area (Å²) < 4.78 is 9.62. The molecule has 10 nitrogen and oxygen atoms in total.